The Hall–Kier alpha value is -2.84. The van der Waals surface area contributed by atoms with Crippen LogP contribution in [0.5, 0.6) is 0 Å². The molecule has 0 atom stereocenters. The molecule has 0 aromatic carbocycles. The standard InChI is InChI=1S/C10H7FN4O4/c11-7-1-6(2-12-3-7)4-14-5-8(15(18)19)9(13-14)10(16)17/h1-3,5H,4H2,(H,16,17). The van der Waals surface area contributed by atoms with Gasteiger partial charge in [-0.05, 0) is 11.6 Å². The number of nitro groups is 1. The molecule has 0 fully saturated rings. The third kappa shape index (κ3) is 2.70. The van der Waals surface area contributed by atoms with Gasteiger partial charge in [-0.25, -0.2) is 9.18 Å². The van der Waals surface area contributed by atoms with Crippen LogP contribution in [-0.2, 0) is 6.54 Å². The van der Waals surface area contributed by atoms with Crippen LogP contribution in [0.3, 0.4) is 0 Å². The lowest BCUT2D eigenvalue weighted by molar-refractivity contribution is -0.385. The fourth-order valence-electron chi connectivity index (χ4n) is 1.51. The lowest BCUT2D eigenvalue weighted by Gasteiger charge is -2.00. The Labute approximate surface area is 105 Å². The van der Waals surface area contributed by atoms with Crippen molar-refractivity contribution in [2.75, 3.05) is 0 Å². The number of hydrogen-bond acceptors (Lipinski definition) is 5. The molecule has 2 aromatic heterocycles. The fourth-order valence-corrected chi connectivity index (χ4v) is 1.51. The number of nitrogens with zero attached hydrogens (tertiary/aromatic N) is 4. The van der Waals surface area contributed by atoms with Gasteiger partial charge in [0.25, 0.3) is 0 Å². The van der Waals surface area contributed by atoms with Crippen molar-refractivity contribution < 1.29 is 19.2 Å². The minimum absolute atomic E-state index is 0.0150. The second-order valence-corrected chi connectivity index (χ2v) is 3.63. The first kappa shape index (κ1) is 12.6. The molecule has 98 valence electrons. The zero-order valence-electron chi connectivity index (χ0n) is 9.36. The molecule has 0 spiro atoms. The molecule has 9 heteroatoms. The number of rotatable bonds is 4. The van der Waals surface area contributed by atoms with Gasteiger partial charge >= 0.3 is 11.7 Å². The zero-order valence-corrected chi connectivity index (χ0v) is 9.36. The zero-order chi connectivity index (χ0) is 14.0. The Morgan fingerprint density at radius 2 is 2.26 bits per heavy atom. The molecule has 8 nitrogen and oxygen atoms in total. The highest BCUT2D eigenvalue weighted by Crippen LogP contribution is 2.17. The molecule has 0 radical (unpaired) electrons. The molecular formula is C10H7FN4O4. The average Bonchev–Trinajstić information content (AvgIpc) is 2.73. The SMILES string of the molecule is O=C(O)c1nn(Cc2cncc(F)c2)cc1[N+](=O)[O-]. The summed E-state index contributed by atoms with van der Waals surface area (Å²) in [6.45, 7) is -0.0150. The Kier molecular flexibility index (Phi) is 3.19. The number of halogens is 1. The Morgan fingerprint density at radius 3 is 2.79 bits per heavy atom. The highest BCUT2D eigenvalue weighted by molar-refractivity contribution is 5.89. The maximum atomic E-state index is 12.9. The summed E-state index contributed by atoms with van der Waals surface area (Å²) in [5.74, 6) is -2.06. The van der Waals surface area contributed by atoms with E-state index in [0.29, 0.717) is 5.56 Å². The molecule has 0 aliphatic carbocycles. The van der Waals surface area contributed by atoms with Crippen molar-refractivity contribution in [2.45, 2.75) is 6.54 Å². The van der Waals surface area contributed by atoms with E-state index in [0.717, 1.165) is 17.1 Å². The Balaban J connectivity index is 2.34. The maximum absolute atomic E-state index is 12.9. The van der Waals surface area contributed by atoms with Gasteiger partial charge in [-0.3, -0.25) is 19.8 Å². The number of hydrogen-bond donors (Lipinski definition) is 1. The molecule has 0 saturated carbocycles. The molecule has 0 unspecified atom stereocenters. The molecule has 0 amide bonds. The van der Waals surface area contributed by atoms with E-state index < -0.39 is 28.1 Å². The smallest absolute Gasteiger partial charge is 0.363 e. The van der Waals surface area contributed by atoms with Crippen LogP contribution < -0.4 is 0 Å². The van der Waals surface area contributed by atoms with E-state index in [4.69, 9.17) is 5.11 Å². The van der Waals surface area contributed by atoms with E-state index in [1.54, 1.807) is 0 Å². The van der Waals surface area contributed by atoms with Gasteiger partial charge in [0, 0.05) is 6.20 Å². The van der Waals surface area contributed by atoms with Crippen molar-refractivity contribution >= 4 is 11.7 Å². The van der Waals surface area contributed by atoms with Gasteiger partial charge in [0.1, 0.15) is 12.0 Å². The third-order valence-corrected chi connectivity index (χ3v) is 2.25. The van der Waals surface area contributed by atoms with Crippen molar-refractivity contribution in [3.63, 3.8) is 0 Å². The van der Waals surface area contributed by atoms with E-state index in [2.05, 4.69) is 10.1 Å². The van der Waals surface area contributed by atoms with Gasteiger partial charge in [0.2, 0.25) is 5.69 Å². The number of carboxylic acids is 1. The lowest BCUT2D eigenvalue weighted by atomic mass is 10.3. The van der Waals surface area contributed by atoms with Crippen LogP contribution in [0.4, 0.5) is 10.1 Å². The molecule has 0 aliphatic heterocycles. The van der Waals surface area contributed by atoms with Gasteiger partial charge in [-0.15, -0.1) is 0 Å². The molecular weight excluding hydrogens is 259 g/mol. The molecule has 2 heterocycles. The second kappa shape index (κ2) is 4.80. The van der Waals surface area contributed by atoms with Crippen molar-refractivity contribution in [1.29, 1.82) is 0 Å². The highest BCUT2D eigenvalue weighted by atomic mass is 19.1. The van der Waals surface area contributed by atoms with Crippen molar-refractivity contribution in [2.24, 2.45) is 0 Å². The van der Waals surface area contributed by atoms with Crippen LogP contribution in [0.25, 0.3) is 0 Å². The third-order valence-electron chi connectivity index (χ3n) is 2.25. The van der Waals surface area contributed by atoms with Crippen molar-refractivity contribution in [3.8, 4) is 0 Å². The van der Waals surface area contributed by atoms with E-state index in [1.165, 1.54) is 12.3 Å². The summed E-state index contributed by atoms with van der Waals surface area (Å²) < 4.78 is 14.0. The van der Waals surface area contributed by atoms with Gasteiger partial charge in [0.05, 0.1) is 17.7 Å². The predicted octanol–water partition coefficient (Wildman–Crippen LogP) is 1.07. The first-order chi connectivity index (χ1) is 8.97. The van der Waals surface area contributed by atoms with Crippen LogP contribution in [0, 0.1) is 15.9 Å². The maximum Gasteiger partial charge on any atom is 0.363 e. The van der Waals surface area contributed by atoms with Crippen LogP contribution in [0.2, 0.25) is 0 Å². The topological polar surface area (TPSA) is 111 Å². The highest BCUT2D eigenvalue weighted by Gasteiger charge is 2.25. The first-order valence-electron chi connectivity index (χ1n) is 5.02. The number of aromatic nitrogens is 3. The predicted molar refractivity (Wildman–Crippen MR) is 59.1 cm³/mol. The molecule has 1 N–H and O–H groups in total. The molecule has 0 bridgehead atoms. The summed E-state index contributed by atoms with van der Waals surface area (Å²) in [5, 5.41) is 23.0. The number of carboxylic acid groups (broad SMARTS) is 1. The molecule has 2 aromatic rings. The summed E-state index contributed by atoms with van der Waals surface area (Å²) in [6, 6.07) is 1.18. The van der Waals surface area contributed by atoms with Gasteiger partial charge in [-0.2, -0.15) is 5.10 Å². The summed E-state index contributed by atoms with van der Waals surface area (Å²) in [7, 11) is 0. The lowest BCUT2D eigenvalue weighted by Crippen LogP contribution is -2.05. The monoisotopic (exact) mass is 266 g/mol. The summed E-state index contributed by atoms with van der Waals surface area (Å²) in [4.78, 5) is 24.2. The largest absolute Gasteiger partial charge is 0.476 e. The van der Waals surface area contributed by atoms with Crippen LogP contribution >= 0.6 is 0 Å². The van der Waals surface area contributed by atoms with Gasteiger partial charge in [-0.1, -0.05) is 0 Å². The van der Waals surface area contributed by atoms with Gasteiger partial charge in [0.15, 0.2) is 0 Å². The quantitative estimate of drug-likeness (QED) is 0.654. The summed E-state index contributed by atoms with van der Waals surface area (Å²) >= 11 is 0. The number of carbonyl (C=O) groups is 1. The average molecular weight is 266 g/mol. The van der Waals surface area contributed by atoms with E-state index in [9.17, 15) is 19.3 Å². The van der Waals surface area contributed by atoms with E-state index in [1.807, 2.05) is 0 Å². The van der Waals surface area contributed by atoms with E-state index >= 15 is 0 Å². The molecule has 0 saturated heterocycles. The molecule has 19 heavy (non-hydrogen) atoms. The Morgan fingerprint density at radius 1 is 1.53 bits per heavy atom. The van der Waals surface area contributed by atoms with Gasteiger partial charge < -0.3 is 5.11 Å². The van der Waals surface area contributed by atoms with Crippen molar-refractivity contribution in [3.05, 3.63) is 51.8 Å². The van der Waals surface area contributed by atoms with Crippen LogP contribution in [0.1, 0.15) is 16.1 Å². The normalized spacial score (nSPS) is 10.4. The molecule has 2 rings (SSSR count). The van der Waals surface area contributed by atoms with Crippen LogP contribution in [0.15, 0.2) is 24.7 Å². The summed E-state index contributed by atoms with van der Waals surface area (Å²) in [6.07, 6.45) is 3.35. The minimum Gasteiger partial charge on any atom is -0.476 e. The van der Waals surface area contributed by atoms with E-state index in [-0.39, 0.29) is 6.54 Å². The van der Waals surface area contributed by atoms with Crippen molar-refractivity contribution in [1.82, 2.24) is 14.8 Å². The number of pyridine rings is 1. The first-order valence-corrected chi connectivity index (χ1v) is 5.02. The minimum atomic E-state index is -1.50. The number of aromatic carboxylic acids is 1. The summed E-state index contributed by atoms with van der Waals surface area (Å²) in [5.41, 5.74) is -0.861. The second-order valence-electron chi connectivity index (χ2n) is 3.63. The fraction of sp³-hybridized carbons (Fsp3) is 0.100. The Bertz CT molecular complexity index is 623. The molecule has 0 aliphatic rings. The van der Waals surface area contributed by atoms with Crippen LogP contribution in [-0.4, -0.2) is 30.8 Å².